The summed E-state index contributed by atoms with van der Waals surface area (Å²) in [5.74, 6) is -2.07. The van der Waals surface area contributed by atoms with Crippen LogP contribution in [0.1, 0.15) is 34.1 Å². The number of fused-ring (bicyclic) bond motifs is 1. The van der Waals surface area contributed by atoms with E-state index < -0.39 is 54.3 Å². The molecule has 0 amide bonds. The molecule has 0 aromatic rings. The molecule has 25 heavy (non-hydrogen) atoms. The van der Waals surface area contributed by atoms with Gasteiger partial charge in [-0.2, -0.15) is 0 Å². The molecule has 9 nitrogen and oxygen atoms in total. The van der Waals surface area contributed by atoms with Crippen LogP contribution in [0.15, 0.2) is 0 Å². The molecule has 5 atom stereocenters. The Labute approximate surface area is 145 Å². The first-order chi connectivity index (χ1) is 11.7. The average molecular weight is 357 g/mol. The molecule has 9 heteroatoms. The molecule has 2 fully saturated rings. The Balaban J connectivity index is 2.31. The van der Waals surface area contributed by atoms with E-state index in [2.05, 4.69) is 0 Å². The number of esters is 4. The molecule has 0 radical (unpaired) electrons. The number of nitrogens with zero attached hydrogens (tertiary/aromatic N) is 1. The quantitative estimate of drug-likeness (QED) is 0.499. The van der Waals surface area contributed by atoms with Gasteiger partial charge in [0, 0.05) is 47.2 Å². The molecule has 2 aliphatic heterocycles. The van der Waals surface area contributed by atoms with Crippen molar-refractivity contribution in [2.45, 2.75) is 64.6 Å². The number of carbonyl (C=O) groups is 4. The van der Waals surface area contributed by atoms with Crippen LogP contribution in [-0.2, 0) is 38.1 Å². The van der Waals surface area contributed by atoms with Gasteiger partial charge in [0.1, 0.15) is 6.10 Å². The van der Waals surface area contributed by atoms with Crippen LogP contribution in [0, 0.1) is 0 Å². The third-order valence-electron chi connectivity index (χ3n) is 4.18. The highest BCUT2D eigenvalue weighted by atomic mass is 16.6. The molecule has 0 unspecified atom stereocenters. The standard InChI is InChI=1S/C16H23NO8/c1-8(18)22-12-5-6-17-7-13(23-9(2)19)16(25-11(4)21)14(17)15(12)24-10(3)20/h12-16H,5-7H2,1-4H3/t12-,13-,14-,15+,16-/m1/s1. The zero-order valence-electron chi connectivity index (χ0n) is 14.7. The van der Waals surface area contributed by atoms with E-state index in [4.69, 9.17) is 18.9 Å². The van der Waals surface area contributed by atoms with E-state index in [0.29, 0.717) is 19.5 Å². The Morgan fingerprint density at radius 1 is 0.720 bits per heavy atom. The molecule has 0 aromatic heterocycles. The Kier molecular flexibility index (Phi) is 5.99. The number of hydrogen-bond acceptors (Lipinski definition) is 9. The van der Waals surface area contributed by atoms with Crippen molar-refractivity contribution in [3.8, 4) is 0 Å². The lowest BCUT2D eigenvalue weighted by atomic mass is 9.93. The topological polar surface area (TPSA) is 108 Å². The van der Waals surface area contributed by atoms with Crippen molar-refractivity contribution in [2.75, 3.05) is 13.1 Å². The first kappa shape index (κ1) is 19.2. The number of ether oxygens (including phenoxy) is 4. The van der Waals surface area contributed by atoms with Gasteiger partial charge >= 0.3 is 23.9 Å². The third kappa shape index (κ3) is 4.68. The molecule has 0 aliphatic carbocycles. The first-order valence-corrected chi connectivity index (χ1v) is 8.12. The van der Waals surface area contributed by atoms with Crippen molar-refractivity contribution in [3.05, 3.63) is 0 Å². The van der Waals surface area contributed by atoms with Crippen LogP contribution in [0.4, 0.5) is 0 Å². The molecular formula is C16H23NO8. The van der Waals surface area contributed by atoms with Crippen LogP contribution in [-0.4, -0.2) is 72.3 Å². The highest BCUT2D eigenvalue weighted by Gasteiger charge is 2.55. The van der Waals surface area contributed by atoms with Crippen LogP contribution in [0.3, 0.4) is 0 Å². The van der Waals surface area contributed by atoms with Crippen molar-refractivity contribution in [1.82, 2.24) is 4.90 Å². The van der Waals surface area contributed by atoms with E-state index >= 15 is 0 Å². The highest BCUT2D eigenvalue weighted by molar-refractivity contribution is 5.68. The maximum absolute atomic E-state index is 11.5. The molecule has 2 aliphatic rings. The molecule has 0 spiro atoms. The van der Waals surface area contributed by atoms with Crippen LogP contribution < -0.4 is 0 Å². The van der Waals surface area contributed by atoms with Gasteiger partial charge in [-0.25, -0.2) is 0 Å². The fourth-order valence-corrected chi connectivity index (χ4v) is 3.53. The summed E-state index contributed by atoms with van der Waals surface area (Å²) in [4.78, 5) is 47.7. The lowest BCUT2D eigenvalue weighted by Crippen LogP contribution is -2.58. The van der Waals surface area contributed by atoms with Crippen LogP contribution in [0.5, 0.6) is 0 Å². The summed E-state index contributed by atoms with van der Waals surface area (Å²) in [5.41, 5.74) is 0. The van der Waals surface area contributed by atoms with Crippen LogP contribution in [0.25, 0.3) is 0 Å². The average Bonchev–Trinajstić information content (AvgIpc) is 2.77. The molecule has 140 valence electrons. The smallest absolute Gasteiger partial charge is 0.303 e. The molecule has 2 rings (SSSR count). The minimum Gasteiger partial charge on any atom is -0.458 e. The van der Waals surface area contributed by atoms with Gasteiger partial charge in [-0.3, -0.25) is 24.1 Å². The predicted molar refractivity (Wildman–Crippen MR) is 82.2 cm³/mol. The van der Waals surface area contributed by atoms with Gasteiger partial charge in [0.15, 0.2) is 18.3 Å². The Hall–Kier alpha value is -2.16. The second kappa shape index (κ2) is 7.81. The van der Waals surface area contributed by atoms with Gasteiger partial charge in [0.2, 0.25) is 0 Å². The van der Waals surface area contributed by atoms with E-state index in [9.17, 15) is 19.2 Å². The fourth-order valence-electron chi connectivity index (χ4n) is 3.53. The van der Waals surface area contributed by atoms with Crippen LogP contribution in [0.2, 0.25) is 0 Å². The molecule has 2 saturated heterocycles. The van der Waals surface area contributed by atoms with Crippen molar-refractivity contribution in [2.24, 2.45) is 0 Å². The fraction of sp³-hybridized carbons (Fsp3) is 0.750. The lowest BCUT2D eigenvalue weighted by molar-refractivity contribution is -0.185. The normalized spacial score (nSPS) is 31.6. The van der Waals surface area contributed by atoms with E-state index in [0.717, 1.165) is 0 Å². The summed E-state index contributed by atoms with van der Waals surface area (Å²) >= 11 is 0. The van der Waals surface area contributed by atoms with Crippen LogP contribution >= 0.6 is 0 Å². The number of carbonyl (C=O) groups excluding carboxylic acids is 4. The van der Waals surface area contributed by atoms with Gasteiger partial charge in [0.05, 0.1) is 6.04 Å². The minimum atomic E-state index is -0.819. The molecular weight excluding hydrogens is 334 g/mol. The number of piperidine rings is 1. The van der Waals surface area contributed by atoms with Crippen molar-refractivity contribution in [3.63, 3.8) is 0 Å². The predicted octanol–water partition coefficient (Wildman–Crippen LogP) is -0.199. The summed E-state index contributed by atoms with van der Waals surface area (Å²) in [7, 11) is 0. The van der Waals surface area contributed by atoms with Crippen molar-refractivity contribution < 1.29 is 38.1 Å². The highest BCUT2D eigenvalue weighted by Crippen LogP contribution is 2.34. The van der Waals surface area contributed by atoms with Gasteiger partial charge in [0.25, 0.3) is 0 Å². The number of hydrogen-bond donors (Lipinski definition) is 0. The van der Waals surface area contributed by atoms with Crippen molar-refractivity contribution in [1.29, 1.82) is 0 Å². The summed E-state index contributed by atoms with van der Waals surface area (Å²) in [6, 6.07) is -0.560. The maximum atomic E-state index is 11.5. The Morgan fingerprint density at radius 2 is 1.16 bits per heavy atom. The van der Waals surface area contributed by atoms with E-state index in [-0.39, 0.29) is 0 Å². The molecule has 0 N–H and O–H groups in total. The Bertz CT molecular complexity index is 548. The number of rotatable bonds is 4. The molecule has 2 heterocycles. The summed E-state index contributed by atoms with van der Waals surface area (Å²) in [5, 5.41) is 0. The first-order valence-electron chi connectivity index (χ1n) is 8.12. The molecule has 0 bridgehead atoms. The molecule has 0 aromatic carbocycles. The Morgan fingerprint density at radius 3 is 1.64 bits per heavy atom. The van der Waals surface area contributed by atoms with Crippen molar-refractivity contribution >= 4 is 23.9 Å². The van der Waals surface area contributed by atoms with Gasteiger partial charge in [-0.15, -0.1) is 0 Å². The van der Waals surface area contributed by atoms with E-state index in [1.165, 1.54) is 27.7 Å². The van der Waals surface area contributed by atoms with Gasteiger partial charge in [-0.05, 0) is 0 Å². The SMILES string of the molecule is CC(=O)O[C@@H]1[C@@H]2[C@H](OC(C)=O)[C@H](OC(C)=O)CN2CC[C@H]1OC(C)=O. The van der Waals surface area contributed by atoms with Gasteiger partial charge in [-0.1, -0.05) is 0 Å². The zero-order chi connectivity index (χ0) is 18.7. The zero-order valence-corrected chi connectivity index (χ0v) is 14.7. The second-order valence-electron chi connectivity index (χ2n) is 6.22. The largest absolute Gasteiger partial charge is 0.458 e. The monoisotopic (exact) mass is 357 g/mol. The maximum Gasteiger partial charge on any atom is 0.303 e. The summed E-state index contributed by atoms with van der Waals surface area (Å²) in [6.07, 6.45) is -2.52. The lowest BCUT2D eigenvalue weighted by Gasteiger charge is -2.41. The third-order valence-corrected chi connectivity index (χ3v) is 4.18. The second-order valence-corrected chi connectivity index (χ2v) is 6.22. The summed E-state index contributed by atoms with van der Waals surface area (Å²) in [6.45, 7) is 5.91. The molecule has 0 saturated carbocycles. The van der Waals surface area contributed by atoms with Gasteiger partial charge < -0.3 is 18.9 Å². The minimum absolute atomic E-state index is 0.340. The van der Waals surface area contributed by atoms with E-state index in [1.54, 1.807) is 0 Å². The van der Waals surface area contributed by atoms with E-state index in [1.807, 2.05) is 4.90 Å². The summed E-state index contributed by atoms with van der Waals surface area (Å²) < 4.78 is 21.3.